The molecule has 1 aliphatic rings. The van der Waals surface area contributed by atoms with Gasteiger partial charge in [-0.3, -0.25) is 4.79 Å². The SMILES string of the molecule is CCOC(=O)C(N)C(=O)c1ccc2c(c1)OCO2.Cl. The zero-order valence-corrected chi connectivity index (χ0v) is 11.1. The number of carbonyl (C=O) groups excluding carboxylic acids is 2. The molecule has 19 heavy (non-hydrogen) atoms. The Morgan fingerprint density at radius 3 is 2.74 bits per heavy atom. The molecule has 1 atom stereocenters. The number of esters is 1. The fourth-order valence-electron chi connectivity index (χ4n) is 1.57. The highest BCUT2D eigenvalue weighted by atomic mass is 35.5. The van der Waals surface area contributed by atoms with Crippen LogP contribution < -0.4 is 15.2 Å². The molecule has 0 saturated heterocycles. The van der Waals surface area contributed by atoms with Gasteiger partial charge in [-0.1, -0.05) is 0 Å². The van der Waals surface area contributed by atoms with Crippen LogP contribution in [-0.4, -0.2) is 31.2 Å². The van der Waals surface area contributed by atoms with Crippen molar-refractivity contribution in [3.8, 4) is 11.5 Å². The topological polar surface area (TPSA) is 87.9 Å². The van der Waals surface area contributed by atoms with E-state index in [1.165, 1.54) is 12.1 Å². The molecular weight excluding hydrogens is 274 g/mol. The van der Waals surface area contributed by atoms with Crippen molar-refractivity contribution < 1.29 is 23.8 Å². The van der Waals surface area contributed by atoms with Crippen LogP contribution in [0.5, 0.6) is 11.5 Å². The number of nitrogens with two attached hydrogens (primary N) is 1. The summed E-state index contributed by atoms with van der Waals surface area (Å²) >= 11 is 0. The summed E-state index contributed by atoms with van der Waals surface area (Å²) in [6.45, 7) is 1.95. The predicted molar refractivity (Wildman–Crippen MR) is 68.8 cm³/mol. The Morgan fingerprint density at radius 1 is 1.37 bits per heavy atom. The molecule has 7 heteroatoms. The molecule has 1 aliphatic heterocycles. The first-order chi connectivity index (χ1) is 8.63. The van der Waals surface area contributed by atoms with E-state index in [4.69, 9.17) is 19.9 Å². The van der Waals surface area contributed by atoms with E-state index >= 15 is 0 Å². The van der Waals surface area contributed by atoms with Gasteiger partial charge >= 0.3 is 5.97 Å². The van der Waals surface area contributed by atoms with Crippen molar-refractivity contribution >= 4 is 24.2 Å². The molecule has 6 nitrogen and oxygen atoms in total. The molecule has 0 aromatic heterocycles. The van der Waals surface area contributed by atoms with Crippen molar-refractivity contribution in [1.82, 2.24) is 0 Å². The fraction of sp³-hybridized carbons (Fsp3) is 0.333. The highest BCUT2D eigenvalue weighted by molar-refractivity contribution is 6.12. The Hall–Kier alpha value is -1.79. The quantitative estimate of drug-likeness (QED) is 0.503. The Labute approximate surface area is 116 Å². The van der Waals surface area contributed by atoms with Crippen LogP contribution >= 0.6 is 12.4 Å². The van der Waals surface area contributed by atoms with Crippen LogP contribution in [0.3, 0.4) is 0 Å². The number of ketones is 1. The third-order valence-corrected chi connectivity index (χ3v) is 2.48. The Bertz CT molecular complexity index is 491. The fourth-order valence-corrected chi connectivity index (χ4v) is 1.57. The van der Waals surface area contributed by atoms with Crippen molar-refractivity contribution in [2.45, 2.75) is 13.0 Å². The summed E-state index contributed by atoms with van der Waals surface area (Å²) in [5.74, 6) is -0.208. The molecule has 2 N–H and O–H groups in total. The van der Waals surface area contributed by atoms with E-state index < -0.39 is 17.8 Å². The molecule has 0 saturated carbocycles. The van der Waals surface area contributed by atoms with Gasteiger partial charge in [-0.05, 0) is 25.1 Å². The van der Waals surface area contributed by atoms with Crippen LogP contribution in [0.1, 0.15) is 17.3 Å². The minimum absolute atomic E-state index is 0. The van der Waals surface area contributed by atoms with Gasteiger partial charge in [-0.25, -0.2) is 4.79 Å². The van der Waals surface area contributed by atoms with E-state index in [2.05, 4.69) is 0 Å². The lowest BCUT2D eigenvalue weighted by atomic mass is 10.0. The number of halogens is 1. The standard InChI is InChI=1S/C12H13NO5.ClH/c1-2-16-12(15)10(13)11(14)7-3-4-8-9(5-7)18-6-17-8;/h3-5,10H,2,6,13H2,1H3;1H. The maximum atomic E-state index is 11.9. The van der Waals surface area contributed by atoms with Crippen LogP contribution in [-0.2, 0) is 9.53 Å². The van der Waals surface area contributed by atoms with Crippen molar-refractivity contribution in [2.75, 3.05) is 13.4 Å². The number of benzene rings is 1. The first-order valence-electron chi connectivity index (χ1n) is 5.49. The van der Waals surface area contributed by atoms with Gasteiger partial charge in [-0.15, -0.1) is 12.4 Å². The summed E-state index contributed by atoms with van der Waals surface area (Å²) in [5, 5.41) is 0. The number of carbonyl (C=O) groups is 2. The smallest absolute Gasteiger partial charge is 0.331 e. The molecule has 1 aromatic carbocycles. The number of ether oxygens (including phenoxy) is 3. The molecule has 104 valence electrons. The molecule has 1 heterocycles. The summed E-state index contributed by atoms with van der Waals surface area (Å²) in [6.07, 6.45) is 0. The predicted octanol–water partition coefficient (Wildman–Crippen LogP) is 0.910. The van der Waals surface area contributed by atoms with Gasteiger partial charge in [0.25, 0.3) is 0 Å². The first kappa shape index (κ1) is 15.3. The Balaban J connectivity index is 0.00000180. The van der Waals surface area contributed by atoms with Crippen LogP contribution in [0.2, 0.25) is 0 Å². The molecule has 1 unspecified atom stereocenters. The highest BCUT2D eigenvalue weighted by Crippen LogP contribution is 2.32. The zero-order valence-electron chi connectivity index (χ0n) is 10.3. The molecule has 0 aliphatic carbocycles. The normalized spacial score (nSPS) is 13.4. The van der Waals surface area contributed by atoms with Gasteiger partial charge in [0.05, 0.1) is 6.61 Å². The summed E-state index contributed by atoms with van der Waals surface area (Å²) in [5.41, 5.74) is 5.82. The minimum atomic E-state index is -1.31. The average Bonchev–Trinajstić information content (AvgIpc) is 2.84. The summed E-state index contributed by atoms with van der Waals surface area (Å²) in [7, 11) is 0. The number of fused-ring (bicyclic) bond motifs is 1. The van der Waals surface area contributed by atoms with Gasteiger partial charge in [-0.2, -0.15) is 0 Å². The molecule has 0 bridgehead atoms. The van der Waals surface area contributed by atoms with E-state index in [9.17, 15) is 9.59 Å². The van der Waals surface area contributed by atoms with E-state index in [0.29, 0.717) is 17.1 Å². The Kier molecular flexibility index (Phi) is 5.14. The lowest BCUT2D eigenvalue weighted by Crippen LogP contribution is -2.40. The van der Waals surface area contributed by atoms with Crippen LogP contribution in [0, 0.1) is 0 Å². The number of hydrogen-bond acceptors (Lipinski definition) is 6. The molecule has 0 amide bonds. The molecule has 1 aromatic rings. The van der Waals surface area contributed by atoms with Gasteiger partial charge in [0.1, 0.15) is 0 Å². The number of Topliss-reactive ketones (excluding diaryl/α,β-unsaturated/α-hetero) is 1. The summed E-state index contributed by atoms with van der Waals surface area (Å²) < 4.78 is 15.0. The molecular formula is C12H14ClNO5. The zero-order chi connectivity index (χ0) is 13.1. The van der Waals surface area contributed by atoms with E-state index in [0.717, 1.165) is 0 Å². The molecule has 2 rings (SSSR count). The van der Waals surface area contributed by atoms with Gasteiger partial charge in [0.15, 0.2) is 23.3 Å². The van der Waals surface area contributed by atoms with Crippen LogP contribution in [0.15, 0.2) is 18.2 Å². The van der Waals surface area contributed by atoms with Gasteiger partial charge < -0.3 is 19.9 Å². The Morgan fingerprint density at radius 2 is 2.05 bits per heavy atom. The van der Waals surface area contributed by atoms with Crippen molar-refractivity contribution in [3.63, 3.8) is 0 Å². The minimum Gasteiger partial charge on any atom is -0.464 e. The molecule has 0 radical (unpaired) electrons. The van der Waals surface area contributed by atoms with E-state index in [1.807, 2.05) is 0 Å². The van der Waals surface area contributed by atoms with Crippen LogP contribution in [0.4, 0.5) is 0 Å². The average molecular weight is 288 g/mol. The van der Waals surface area contributed by atoms with Gasteiger partial charge in [0.2, 0.25) is 6.79 Å². The van der Waals surface area contributed by atoms with Crippen LogP contribution in [0.25, 0.3) is 0 Å². The second-order valence-electron chi connectivity index (χ2n) is 3.66. The second-order valence-corrected chi connectivity index (χ2v) is 3.66. The lowest BCUT2D eigenvalue weighted by Gasteiger charge is -2.09. The van der Waals surface area contributed by atoms with Crippen molar-refractivity contribution in [3.05, 3.63) is 23.8 Å². The second kappa shape index (κ2) is 6.40. The first-order valence-corrected chi connectivity index (χ1v) is 5.49. The molecule has 0 fully saturated rings. The van der Waals surface area contributed by atoms with E-state index in [1.54, 1.807) is 13.0 Å². The summed E-state index contributed by atoms with van der Waals surface area (Å²) in [6, 6.07) is 3.33. The largest absolute Gasteiger partial charge is 0.464 e. The summed E-state index contributed by atoms with van der Waals surface area (Å²) in [4.78, 5) is 23.3. The maximum absolute atomic E-state index is 11.9. The lowest BCUT2D eigenvalue weighted by molar-refractivity contribution is -0.143. The highest BCUT2D eigenvalue weighted by Gasteiger charge is 2.26. The van der Waals surface area contributed by atoms with E-state index in [-0.39, 0.29) is 25.8 Å². The van der Waals surface area contributed by atoms with Gasteiger partial charge in [0, 0.05) is 5.56 Å². The maximum Gasteiger partial charge on any atom is 0.331 e. The third-order valence-electron chi connectivity index (χ3n) is 2.48. The van der Waals surface area contributed by atoms with Crippen molar-refractivity contribution in [2.24, 2.45) is 5.73 Å². The monoisotopic (exact) mass is 287 g/mol. The number of hydrogen-bond donors (Lipinski definition) is 1. The number of rotatable bonds is 4. The third kappa shape index (κ3) is 3.15. The molecule has 0 spiro atoms. The van der Waals surface area contributed by atoms with Crippen molar-refractivity contribution in [1.29, 1.82) is 0 Å².